The Hall–Kier alpha value is -3.49. The number of hydrogen-bond acceptors (Lipinski definition) is 4. The van der Waals surface area contributed by atoms with Gasteiger partial charge in [-0.2, -0.15) is 0 Å². The lowest BCUT2D eigenvalue weighted by molar-refractivity contribution is -0.118. The highest BCUT2D eigenvalue weighted by Crippen LogP contribution is 2.21. The van der Waals surface area contributed by atoms with Crippen molar-refractivity contribution in [2.24, 2.45) is 5.73 Å². The fourth-order valence-electron chi connectivity index (χ4n) is 3.40. The van der Waals surface area contributed by atoms with Crippen LogP contribution in [0.5, 0.6) is 0 Å². The topological polar surface area (TPSA) is 84.2 Å². The molecule has 0 aromatic heterocycles. The number of unbranched alkanes of at least 4 members (excludes halogenated alkanes) is 2. The fourth-order valence-corrected chi connectivity index (χ4v) is 3.89. The molecule has 3 rings (SSSR count). The minimum atomic E-state index is -0.275. The fraction of sp³-hybridized carbons (Fsp3) is 0.233. The van der Waals surface area contributed by atoms with Gasteiger partial charge in [0.1, 0.15) is 10.8 Å². The molecule has 1 aromatic rings. The molecule has 200 valence electrons. The van der Waals surface area contributed by atoms with E-state index < -0.39 is 0 Å². The smallest absolute Gasteiger partial charge is 0.255 e. The van der Waals surface area contributed by atoms with E-state index in [0.717, 1.165) is 30.4 Å². The molecule has 0 saturated heterocycles. The molecule has 0 unspecified atom stereocenters. The summed E-state index contributed by atoms with van der Waals surface area (Å²) in [7, 11) is 0. The first kappa shape index (κ1) is 30.7. The van der Waals surface area contributed by atoms with Gasteiger partial charge in [0.05, 0.1) is 5.69 Å². The van der Waals surface area contributed by atoms with Crippen molar-refractivity contribution in [3.63, 3.8) is 0 Å². The number of allylic oxidation sites excluding steroid dienone is 7. The van der Waals surface area contributed by atoms with Crippen LogP contribution in [-0.4, -0.2) is 16.8 Å². The van der Waals surface area contributed by atoms with Crippen molar-refractivity contribution in [3.8, 4) is 0 Å². The quantitative estimate of drug-likeness (QED) is 0.152. The number of para-hydroxylation sites is 1. The van der Waals surface area contributed by atoms with E-state index in [1.165, 1.54) is 12.2 Å². The third-order valence-electron chi connectivity index (χ3n) is 5.51. The second-order valence-electron chi connectivity index (χ2n) is 8.53. The average Bonchev–Trinajstić information content (AvgIpc) is 3.26. The number of primary amides is 1. The molecule has 1 aromatic carbocycles. The number of halogens is 1. The molecule has 0 fully saturated rings. The van der Waals surface area contributed by atoms with E-state index in [9.17, 15) is 14.0 Å². The van der Waals surface area contributed by atoms with Crippen LogP contribution in [0.2, 0.25) is 0 Å². The van der Waals surface area contributed by atoms with Gasteiger partial charge in [-0.15, -0.1) is 12.6 Å². The van der Waals surface area contributed by atoms with Crippen LogP contribution in [0, 0.1) is 0 Å². The Balaban J connectivity index is 0.000000550. The molecule has 5 nitrogen and oxygen atoms in total. The lowest BCUT2D eigenvalue weighted by atomic mass is 10.1. The first-order valence-electron chi connectivity index (χ1n) is 12.4. The van der Waals surface area contributed by atoms with Gasteiger partial charge >= 0.3 is 0 Å². The van der Waals surface area contributed by atoms with Gasteiger partial charge in [0.15, 0.2) is 0 Å². The Labute approximate surface area is 235 Å². The summed E-state index contributed by atoms with van der Waals surface area (Å²) in [6, 6.07) is 7.31. The number of hydrogen-bond donors (Lipinski definition) is 4. The van der Waals surface area contributed by atoms with E-state index in [4.69, 9.17) is 18.0 Å². The first-order chi connectivity index (χ1) is 18.2. The van der Waals surface area contributed by atoms with E-state index in [2.05, 4.69) is 36.8 Å². The van der Waals surface area contributed by atoms with Gasteiger partial charge in [-0.1, -0.05) is 81.1 Å². The summed E-state index contributed by atoms with van der Waals surface area (Å²) >= 11 is 9.86. The van der Waals surface area contributed by atoms with Gasteiger partial charge in [-0.25, -0.2) is 4.39 Å². The van der Waals surface area contributed by atoms with Crippen LogP contribution in [-0.2, 0) is 9.59 Å². The summed E-state index contributed by atoms with van der Waals surface area (Å²) in [5, 5.41) is 5.96. The molecule has 38 heavy (non-hydrogen) atoms. The van der Waals surface area contributed by atoms with Gasteiger partial charge in [-0.3, -0.25) is 9.59 Å². The summed E-state index contributed by atoms with van der Waals surface area (Å²) < 4.78 is 13.3. The minimum Gasteiger partial charge on any atom is -0.370 e. The van der Waals surface area contributed by atoms with Crippen LogP contribution >= 0.6 is 24.8 Å². The van der Waals surface area contributed by atoms with E-state index in [0.29, 0.717) is 46.1 Å². The number of nitrogens with two attached hydrogens (primary N) is 1. The monoisotopic (exact) mass is 551 g/mol. The first-order valence-corrected chi connectivity index (χ1v) is 13.3. The Bertz CT molecular complexity index is 1240. The molecule has 8 heteroatoms. The maximum atomic E-state index is 13.3. The number of anilines is 1. The normalized spacial score (nSPS) is 14.3. The Morgan fingerprint density at radius 3 is 2.34 bits per heavy atom. The van der Waals surface area contributed by atoms with Crippen LogP contribution < -0.4 is 16.4 Å². The SMILES string of the molecule is C=C(NC(=S)C1=CCC=C(C(=O)Nc2ccccc2S)C=C1)C1=CCC=C(F)C=C1.CCCCCC(N)=O. The minimum absolute atomic E-state index is 0.182. The largest absolute Gasteiger partial charge is 0.370 e. The van der Waals surface area contributed by atoms with Gasteiger partial charge in [0.25, 0.3) is 5.91 Å². The summed E-state index contributed by atoms with van der Waals surface area (Å²) in [6.45, 7) is 6.10. The number of carbonyl (C=O) groups is 2. The Morgan fingerprint density at radius 2 is 1.63 bits per heavy atom. The van der Waals surface area contributed by atoms with Crippen LogP contribution in [0.1, 0.15) is 45.4 Å². The van der Waals surface area contributed by atoms with E-state index in [-0.39, 0.29) is 17.6 Å². The lowest BCUT2D eigenvalue weighted by Gasteiger charge is -2.12. The van der Waals surface area contributed by atoms with Crippen molar-refractivity contribution in [2.75, 3.05) is 5.32 Å². The molecule has 2 amide bonds. The third kappa shape index (κ3) is 10.9. The number of nitrogens with one attached hydrogen (secondary N) is 2. The standard InChI is InChI=1S/C24H21FN2OS2.C6H13NO/c1-16(17-6-5-9-20(25)15-14-17)26-24(30)19-8-4-7-18(12-13-19)23(28)27-21-10-2-3-11-22(21)29;1-2-3-4-5-6(7)8/h2-3,6-15,29H,1,4-5H2,(H,26,30)(H,27,28);2-5H2,1H3,(H2,7,8). The van der Waals surface area contributed by atoms with Gasteiger partial charge in [-0.05, 0) is 55.2 Å². The van der Waals surface area contributed by atoms with Crippen LogP contribution in [0.25, 0.3) is 0 Å². The Kier molecular flexibility index (Phi) is 13.2. The van der Waals surface area contributed by atoms with Crippen molar-refractivity contribution >= 4 is 47.3 Å². The molecule has 0 spiro atoms. The van der Waals surface area contributed by atoms with E-state index >= 15 is 0 Å². The number of thiol groups is 1. The van der Waals surface area contributed by atoms with Crippen LogP contribution in [0.4, 0.5) is 10.1 Å². The Morgan fingerprint density at radius 1 is 1.00 bits per heavy atom. The predicted molar refractivity (Wildman–Crippen MR) is 161 cm³/mol. The molecule has 2 aliphatic carbocycles. The highest BCUT2D eigenvalue weighted by atomic mass is 32.1. The van der Waals surface area contributed by atoms with Crippen LogP contribution in [0.15, 0.2) is 113 Å². The van der Waals surface area contributed by atoms with Gasteiger partial charge < -0.3 is 16.4 Å². The second-order valence-corrected chi connectivity index (χ2v) is 9.42. The molecule has 0 aliphatic heterocycles. The maximum Gasteiger partial charge on any atom is 0.255 e. The molecule has 0 saturated carbocycles. The average molecular weight is 552 g/mol. The number of carbonyl (C=O) groups excluding carboxylic acids is 2. The van der Waals surface area contributed by atoms with Crippen molar-refractivity contribution in [1.82, 2.24) is 5.32 Å². The lowest BCUT2D eigenvalue weighted by Crippen LogP contribution is -2.22. The molecule has 2 aliphatic rings. The maximum absolute atomic E-state index is 13.3. The molecular weight excluding hydrogens is 517 g/mol. The highest BCUT2D eigenvalue weighted by Gasteiger charge is 2.12. The van der Waals surface area contributed by atoms with Crippen molar-refractivity contribution in [3.05, 3.63) is 108 Å². The summed E-state index contributed by atoms with van der Waals surface area (Å²) in [4.78, 5) is 23.9. The molecule has 0 bridgehead atoms. The van der Waals surface area contributed by atoms with E-state index in [1.54, 1.807) is 24.3 Å². The van der Waals surface area contributed by atoms with Crippen molar-refractivity contribution in [1.29, 1.82) is 0 Å². The van der Waals surface area contributed by atoms with Crippen LogP contribution in [0.3, 0.4) is 0 Å². The summed E-state index contributed by atoms with van der Waals surface area (Å²) in [5.41, 5.74) is 8.24. The van der Waals surface area contributed by atoms with Crippen molar-refractivity contribution < 1.29 is 14.0 Å². The zero-order chi connectivity index (χ0) is 27.9. The zero-order valence-corrected chi connectivity index (χ0v) is 23.2. The summed E-state index contributed by atoms with van der Waals surface area (Å²) in [6.07, 6.45) is 18.5. The summed E-state index contributed by atoms with van der Waals surface area (Å²) in [5.74, 6) is -0.670. The molecule has 0 atom stereocenters. The van der Waals surface area contributed by atoms with Gasteiger partial charge in [0.2, 0.25) is 5.91 Å². The highest BCUT2D eigenvalue weighted by molar-refractivity contribution is 7.80. The molecule has 4 N–H and O–H groups in total. The van der Waals surface area contributed by atoms with E-state index in [1.807, 2.05) is 36.4 Å². The van der Waals surface area contributed by atoms with Crippen molar-refractivity contribution in [2.45, 2.75) is 50.3 Å². The number of amides is 2. The molecule has 0 radical (unpaired) electrons. The molecular formula is C30H34FN3O2S2. The number of thiocarbonyl (C=S) groups is 1. The second kappa shape index (κ2) is 16.4. The zero-order valence-electron chi connectivity index (χ0n) is 21.5. The number of benzene rings is 1. The van der Waals surface area contributed by atoms with Gasteiger partial charge in [0, 0.05) is 28.2 Å². The third-order valence-corrected chi connectivity index (χ3v) is 6.23. The predicted octanol–water partition coefficient (Wildman–Crippen LogP) is 6.95. The molecule has 0 heterocycles. The number of rotatable bonds is 9.